The standard InChI is InChI=1S/C26H24ClN3O2S/c27-21-10-12-22(13-11-21)33(31,32)25-18-28-24-9-5-4-8-23(24)26(25)30-16-14-29(15-17-30)19-20-6-2-1-3-7-20/h1-13,18H,14-17,19H2. The van der Waals surface area contributed by atoms with Crippen LogP contribution in [0.1, 0.15) is 5.56 Å². The Morgan fingerprint density at radius 3 is 2.21 bits per heavy atom. The van der Waals surface area contributed by atoms with Crippen LogP contribution in [0.15, 0.2) is 94.9 Å². The summed E-state index contributed by atoms with van der Waals surface area (Å²) in [6.45, 7) is 4.08. The summed E-state index contributed by atoms with van der Waals surface area (Å²) in [6, 6.07) is 24.4. The number of nitrogens with zero attached hydrogens (tertiary/aromatic N) is 3. The Morgan fingerprint density at radius 1 is 0.818 bits per heavy atom. The SMILES string of the molecule is O=S(=O)(c1ccc(Cl)cc1)c1cnc2ccccc2c1N1CCN(Cc2ccccc2)CC1. The molecule has 1 fully saturated rings. The van der Waals surface area contributed by atoms with Crippen molar-refractivity contribution in [2.45, 2.75) is 16.3 Å². The Balaban J connectivity index is 1.50. The highest BCUT2D eigenvalue weighted by atomic mass is 35.5. The number of aromatic nitrogens is 1. The summed E-state index contributed by atoms with van der Waals surface area (Å²) >= 11 is 5.99. The number of benzene rings is 3. The normalized spacial score (nSPS) is 15.1. The maximum atomic E-state index is 13.6. The zero-order chi connectivity index (χ0) is 22.8. The molecule has 0 atom stereocenters. The van der Waals surface area contributed by atoms with Crippen LogP contribution in [-0.2, 0) is 16.4 Å². The van der Waals surface area contributed by atoms with E-state index >= 15 is 0 Å². The Labute approximate surface area is 199 Å². The third-order valence-corrected chi connectivity index (χ3v) is 8.09. The van der Waals surface area contributed by atoms with Gasteiger partial charge in [-0.3, -0.25) is 9.88 Å². The monoisotopic (exact) mass is 477 g/mol. The van der Waals surface area contributed by atoms with Gasteiger partial charge < -0.3 is 4.90 Å². The quantitative estimate of drug-likeness (QED) is 0.403. The van der Waals surface area contributed by atoms with Crippen molar-refractivity contribution in [2.75, 3.05) is 31.1 Å². The van der Waals surface area contributed by atoms with Crippen molar-refractivity contribution in [2.24, 2.45) is 0 Å². The van der Waals surface area contributed by atoms with Gasteiger partial charge in [0.25, 0.3) is 0 Å². The molecule has 1 aliphatic heterocycles. The minimum absolute atomic E-state index is 0.216. The van der Waals surface area contributed by atoms with E-state index in [9.17, 15) is 8.42 Å². The molecule has 1 aromatic heterocycles. The van der Waals surface area contributed by atoms with Crippen molar-refractivity contribution in [1.82, 2.24) is 9.88 Å². The van der Waals surface area contributed by atoms with E-state index in [0.29, 0.717) is 5.02 Å². The maximum Gasteiger partial charge on any atom is 0.210 e. The predicted molar refractivity (Wildman–Crippen MR) is 133 cm³/mol. The minimum atomic E-state index is -3.77. The van der Waals surface area contributed by atoms with E-state index in [1.807, 2.05) is 30.3 Å². The van der Waals surface area contributed by atoms with Crippen molar-refractivity contribution >= 4 is 38.0 Å². The number of halogens is 1. The summed E-state index contributed by atoms with van der Waals surface area (Å²) in [6.07, 6.45) is 1.50. The van der Waals surface area contributed by atoms with Gasteiger partial charge in [0.1, 0.15) is 4.90 Å². The summed E-state index contributed by atoms with van der Waals surface area (Å²) in [5, 5.41) is 1.35. The molecule has 4 aromatic rings. The Hall–Kier alpha value is -2.93. The lowest BCUT2D eigenvalue weighted by Gasteiger charge is -2.37. The lowest BCUT2D eigenvalue weighted by atomic mass is 10.1. The summed E-state index contributed by atoms with van der Waals surface area (Å²) in [5.74, 6) is 0. The number of sulfone groups is 1. The van der Waals surface area contributed by atoms with E-state index in [2.05, 4.69) is 39.0 Å². The molecule has 0 spiro atoms. The fourth-order valence-electron chi connectivity index (χ4n) is 4.34. The first-order valence-corrected chi connectivity index (χ1v) is 12.8. The van der Waals surface area contributed by atoms with Gasteiger partial charge in [-0.2, -0.15) is 0 Å². The Bertz CT molecular complexity index is 1370. The maximum absolute atomic E-state index is 13.6. The number of para-hydroxylation sites is 1. The molecule has 0 saturated carbocycles. The highest BCUT2D eigenvalue weighted by Gasteiger charge is 2.28. The molecule has 0 unspecified atom stereocenters. The van der Waals surface area contributed by atoms with E-state index < -0.39 is 9.84 Å². The molecule has 0 radical (unpaired) electrons. The number of piperazine rings is 1. The van der Waals surface area contributed by atoms with Crippen LogP contribution in [0.25, 0.3) is 10.9 Å². The van der Waals surface area contributed by atoms with Gasteiger partial charge in [0.05, 0.1) is 16.1 Å². The van der Waals surface area contributed by atoms with E-state index in [1.54, 1.807) is 24.3 Å². The van der Waals surface area contributed by atoms with Crippen LogP contribution in [-0.4, -0.2) is 44.5 Å². The molecule has 0 bridgehead atoms. The zero-order valence-electron chi connectivity index (χ0n) is 18.1. The number of anilines is 1. The molecular formula is C26H24ClN3O2S. The summed E-state index contributed by atoms with van der Waals surface area (Å²) < 4.78 is 27.3. The predicted octanol–water partition coefficient (Wildman–Crippen LogP) is 5.04. The first-order chi connectivity index (χ1) is 16.0. The van der Waals surface area contributed by atoms with Gasteiger partial charge in [0.2, 0.25) is 9.84 Å². The van der Waals surface area contributed by atoms with Gasteiger partial charge in [-0.25, -0.2) is 8.42 Å². The largest absolute Gasteiger partial charge is 0.367 e. The molecule has 33 heavy (non-hydrogen) atoms. The smallest absolute Gasteiger partial charge is 0.210 e. The average molecular weight is 478 g/mol. The lowest BCUT2D eigenvalue weighted by Crippen LogP contribution is -2.46. The van der Waals surface area contributed by atoms with Crippen LogP contribution in [0.5, 0.6) is 0 Å². The Kier molecular flexibility index (Phi) is 6.06. The van der Waals surface area contributed by atoms with Crippen molar-refractivity contribution in [3.63, 3.8) is 0 Å². The number of rotatable bonds is 5. The van der Waals surface area contributed by atoms with Gasteiger partial charge in [-0.05, 0) is 35.9 Å². The second-order valence-electron chi connectivity index (χ2n) is 8.19. The van der Waals surface area contributed by atoms with Crippen molar-refractivity contribution in [3.05, 3.63) is 95.6 Å². The molecule has 1 saturated heterocycles. The van der Waals surface area contributed by atoms with Crippen molar-refractivity contribution < 1.29 is 8.42 Å². The second-order valence-corrected chi connectivity index (χ2v) is 10.5. The third-order valence-electron chi connectivity index (χ3n) is 6.06. The topological polar surface area (TPSA) is 53.5 Å². The van der Waals surface area contributed by atoms with Crippen LogP contribution in [0.4, 0.5) is 5.69 Å². The summed E-state index contributed by atoms with van der Waals surface area (Å²) in [4.78, 5) is 9.52. The second kappa shape index (κ2) is 9.14. The van der Waals surface area contributed by atoms with Gasteiger partial charge in [-0.1, -0.05) is 60.1 Å². The number of hydrogen-bond acceptors (Lipinski definition) is 5. The lowest BCUT2D eigenvalue weighted by molar-refractivity contribution is 0.249. The molecule has 0 N–H and O–H groups in total. The molecule has 5 nitrogen and oxygen atoms in total. The fourth-order valence-corrected chi connectivity index (χ4v) is 5.90. The van der Waals surface area contributed by atoms with Crippen molar-refractivity contribution in [1.29, 1.82) is 0 Å². The Morgan fingerprint density at radius 2 is 1.48 bits per heavy atom. The summed E-state index contributed by atoms with van der Waals surface area (Å²) in [7, 11) is -3.77. The van der Waals surface area contributed by atoms with Gasteiger partial charge in [-0.15, -0.1) is 0 Å². The van der Waals surface area contributed by atoms with E-state index in [4.69, 9.17) is 11.6 Å². The van der Waals surface area contributed by atoms with E-state index in [1.165, 1.54) is 11.8 Å². The highest BCUT2D eigenvalue weighted by molar-refractivity contribution is 7.91. The van der Waals surface area contributed by atoms with Gasteiger partial charge in [0.15, 0.2) is 0 Å². The van der Waals surface area contributed by atoms with Crippen LogP contribution in [0, 0.1) is 0 Å². The first kappa shape index (κ1) is 21.9. The van der Waals surface area contributed by atoms with Crippen LogP contribution in [0.2, 0.25) is 5.02 Å². The molecule has 7 heteroatoms. The number of pyridine rings is 1. The number of hydrogen-bond donors (Lipinski definition) is 0. The van der Waals surface area contributed by atoms with Crippen LogP contribution in [0.3, 0.4) is 0 Å². The van der Waals surface area contributed by atoms with Gasteiger partial charge >= 0.3 is 0 Å². The molecule has 3 aromatic carbocycles. The first-order valence-electron chi connectivity index (χ1n) is 10.9. The summed E-state index contributed by atoms with van der Waals surface area (Å²) in [5.41, 5.74) is 2.80. The van der Waals surface area contributed by atoms with E-state index in [-0.39, 0.29) is 9.79 Å². The molecular weight excluding hydrogens is 454 g/mol. The molecule has 0 aliphatic carbocycles. The molecule has 5 rings (SSSR count). The molecule has 2 heterocycles. The molecule has 1 aliphatic rings. The molecule has 168 valence electrons. The van der Waals surface area contributed by atoms with Gasteiger partial charge in [0, 0.05) is 49.3 Å². The average Bonchev–Trinajstić information content (AvgIpc) is 2.85. The third kappa shape index (κ3) is 4.47. The zero-order valence-corrected chi connectivity index (χ0v) is 19.6. The van der Waals surface area contributed by atoms with E-state index in [0.717, 1.165) is 49.3 Å². The van der Waals surface area contributed by atoms with Crippen LogP contribution >= 0.6 is 11.6 Å². The fraction of sp³-hybridized carbons (Fsp3) is 0.192. The minimum Gasteiger partial charge on any atom is -0.367 e. The van der Waals surface area contributed by atoms with Crippen molar-refractivity contribution in [3.8, 4) is 0 Å². The van der Waals surface area contributed by atoms with Crippen LogP contribution < -0.4 is 4.90 Å². The molecule has 0 amide bonds. The number of fused-ring (bicyclic) bond motifs is 1. The highest BCUT2D eigenvalue weighted by Crippen LogP contribution is 2.36.